The molecule has 2 aromatic heterocycles. The van der Waals surface area contributed by atoms with Crippen molar-refractivity contribution in [1.29, 1.82) is 0 Å². The Labute approximate surface area is 130 Å². The summed E-state index contributed by atoms with van der Waals surface area (Å²) in [5, 5.41) is 4.04. The molecule has 0 saturated carbocycles. The number of aromatic nitrogens is 3. The molecule has 2 rings (SSSR count). The van der Waals surface area contributed by atoms with Crippen molar-refractivity contribution in [1.82, 2.24) is 18.7 Å². The summed E-state index contributed by atoms with van der Waals surface area (Å²) in [5.74, 6) is 0.287. The van der Waals surface area contributed by atoms with Gasteiger partial charge in [0.1, 0.15) is 4.90 Å². The largest absolute Gasteiger partial charge is 0.349 e. The smallest absolute Gasteiger partial charge is 0.244 e. The van der Waals surface area contributed by atoms with Crippen LogP contribution in [0, 0.1) is 0 Å². The molecule has 21 heavy (non-hydrogen) atoms. The maximum Gasteiger partial charge on any atom is 0.244 e. The third-order valence-electron chi connectivity index (χ3n) is 3.31. The van der Waals surface area contributed by atoms with E-state index in [1.165, 1.54) is 4.31 Å². The zero-order chi connectivity index (χ0) is 15.6. The molecule has 2 heterocycles. The highest BCUT2D eigenvalue weighted by molar-refractivity contribution is 7.89. The average molecular weight is 331 g/mol. The minimum Gasteiger partial charge on any atom is -0.349 e. The lowest BCUT2D eigenvalue weighted by molar-refractivity contribution is 0.466. The molecule has 0 atom stereocenters. The zero-order valence-electron chi connectivity index (χ0n) is 12.3. The van der Waals surface area contributed by atoms with Crippen LogP contribution in [0.4, 0.5) is 0 Å². The quantitative estimate of drug-likeness (QED) is 0.759. The van der Waals surface area contributed by atoms with E-state index in [1.54, 1.807) is 43.4 Å². The maximum absolute atomic E-state index is 12.6. The van der Waals surface area contributed by atoms with Gasteiger partial charge in [-0.2, -0.15) is 9.40 Å². The standard InChI is InChI=1S/C13H19ClN4O2S/c1-4-18-10-13(5-12(18)6-14)21(19,20)17(3)9-11-7-15-16(2)8-11/h5,7-8,10H,4,6,9H2,1-3H3. The normalized spacial score (nSPS) is 12.2. The van der Waals surface area contributed by atoms with Gasteiger partial charge in [-0.3, -0.25) is 4.68 Å². The van der Waals surface area contributed by atoms with Crippen LogP contribution in [0.25, 0.3) is 0 Å². The Morgan fingerprint density at radius 2 is 2.10 bits per heavy atom. The monoisotopic (exact) mass is 330 g/mol. The fraction of sp³-hybridized carbons (Fsp3) is 0.462. The first-order chi connectivity index (χ1) is 9.88. The van der Waals surface area contributed by atoms with Crippen LogP contribution in [-0.4, -0.2) is 34.1 Å². The summed E-state index contributed by atoms with van der Waals surface area (Å²) in [6.45, 7) is 2.92. The number of sulfonamides is 1. The summed E-state index contributed by atoms with van der Waals surface area (Å²) >= 11 is 5.85. The number of hydrogen-bond acceptors (Lipinski definition) is 3. The molecule has 0 spiro atoms. The van der Waals surface area contributed by atoms with Crippen LogP contribution in [0.1, 0.15) is 18.2 Å². The van der Waals surface area contributed by atoms with Crippen LogP contribution in [0.2, 0.25) is 0 Å². The van der Waals surface area contributed by atoms with E-state index in [0.717, 1.165) is 11.3 Å². The first-order valence-corrected chi connectivity index (χ1v) is 8.54. The lowest BCUT2D eigenvalue weighted by atomic mass is 10.4. The molecule has 0 fully saturated rings. The summed E-state index contributed by atoms with van der Waals surface area (Å²) in [6, 6.07) is 1.63. The van der Waals surface area contributed by atoms with Crippen LogP contribution < -0.4 is 0 Å². The summed E-state index contributed by atoms with van der Waals surface area (Å²) in [4.78, 5) is 0.270. The van der Waals surface area contributed by atoms with Gasteiger partial charge in [-0.25, -0.2) is 8.42 Å². The van der Waals surface area contributed by atoms with E-state index in [1.807, 2.05) is 11.5 Å². The van der Waals surface area contributed by atoms with Crippen molar-refractivity contribution in [3.05, 3.63) is 35.9 Å². The van der Waals surface area contributed by atoms with Crippen LogP contribution >= 0.6 is 11.6 Å². The third-order valence-corrected chi connectivity index (χ3v) is 5.35. The molecule has 0 aromatic carbocycles. The van der Waals surface area contributed by atoms with E-state index in [-0.39, 0.29) is 17.3 Å². The van der Waals surface area contributed by atoms with Gasteiger partial charge in [-0.05, 0) is 13.0 Å². The minimum atomic E-state index is -3.53. The van der Waals surface area contributed by atoms with E-state index in [9.17, 15) is 8.42 Å². The second-order valence-corrected chi connectivity index (χ2v) is 7.18. The Hall–Kier alpha value is -1.31. The molecule has 0 amide bonds. The summed E-state index contributed by atoms with van der Waals surface area (Å²) < 4.78 is 30.0. The van der Waals surface area contributed by atoms with Crippen LogP contribution in [-0.2, 0) is 36.0 Å². The van der Waals surface area contributed by atoms with Crippen molar-refractivity contribution in [2.75, 3.05) is 7.05 Å². The molecule has 2 aromatic rings. The predicted molar refractivity (Wildman–Crippen MR) is 81.5 cm³/mol. The molecule has 0 bridgehead atoms. The zero-order valence-corrected chi connectivity index (χ0v) is 13.9. The van der Waals surface area contributed by atoms with Crippen LogP contribution in [0.5, 0.6) is 0 Å². The lowest BCUT2D eigenvalue weighted by Crippen LogP contribution is -2.26. The van der Waals surface area contributed by atoms with Crippen LogP contribution in [0.15, 0.2) is 29.6 Å². The highest BCUT2D eigenvalue weighted by atomic mass is 35.5. The van der Waals surface area contributed by atoms with Gasteiger partial charge >= 0.3 is 0 Å². The first-order valence-electron chi connectivity index (χ1n) is 6.57. The van der Waals surface area contributed by atoms with E-state index >= 15 is 0 Å². The SMILES string of the molecule is CCn1cc(S(=O)(=O)N(C)Cc2cnn(C)c2)cc1CCl. The van der Waals surface area contributed by atoms with Gasteiger partial charge in [0.25, 0.3) is 0 Å². The maximum atomic E-state index is 12.6. The Morgan fingerprint density at radius 3 is 2.57 bits per heavy atom. The van der Waals surface area contributed by atoms with E-state index in [4.69, 9.17) is 11.6 Å². The minimum absolute atomic E-state index is 0.270. The molecular weight excluding hydrogens is 312 g/mol. The van der Waals surface area contributed by atoms with Crippen molar-refractivity contribution >= 4 is 21.6 Å². The Bertz CT molecular complexity index is 699. The number of hydrogen-bond donors (Lipinski definition) is 0. The number of rotatable bonds is 6. The summed E-state index contributed by atoms with van der Waals surface area (Å²) in [5.41, 5.74) is 1.64. The number of nitrogens with zero attached hydrogens (tertiary/aromatic N) is 4. The van der Waals surface area contributed by atoms with Gasteiger partial charge in [0, 0.05) is 50.8 Å². The van der Waals surface area contributed by atoms with Crippen molar-refractivity contribution in [2.24, 2.45) is 7.05 Å². The van der Waals surface area contributed by atoms with Gasteiger partial charge in [0.2, 0.25) is 10.0 Å². The molecule has 116 valence electrons. The highest BCUT2D eigenvalue weighted by Gasteiger charge is 2.23. The highest BCUT2D eigenvalue weighted by Crippen LogP contribution is 2.20. The lowest BCUT2D eigenvalue weighted by Gasteiger charge is -2.15. The molecule has 0 unspecified atom stereocenters. The second-order valence-electron chi connectivity index (χ2n) is 4.87. The Kier molecular flexibility index (Phi) is 4.75. The second kappa shape index (κ2) is 6.21. The molecule has 0 saturated heterocycles. The molecular formula is C13H19ClN4O2S. The molecule has 0 aliphatic rings. The molecule has 0 aliphatic carbocycles. The van der Waals surface area contributed by atoms with Crippen molar-refractivity contribution < 1.29 is 8.42 Å². The topological polar surface area (TPSA) is 60.1 Å². The predicted octanol–water partition coefficient (Wildman–Crippen LogP) is 1.80. The third kappa shape index (κ3) is 3.30. The molecule has 0 radical (unpaired) electrons. The Morgan fingerprint density at radius 1 is 1.38 bits per heavy atom. The molecule has 0 aliphatic heterocycles. The van der Waals surface area contributed by atoms with Gasteiger partial charge in [-0.15, -0.1) is 11.6 Å². The van der Waals surface area contributed by atoms with E-state index in [2.05, 4.69) is 5.10 Å². The van der Waals surface area contributed by atoms with E-state index in [0.29, 0.717) is 6.54 Å². The molecule has 0 N–H and O–H groups in total. The fourth-order valence-electron chi connectivity index (χ4n) is 2.15. The Balaban J connectivity index is 2.26. The summed E-state index contributed by atoms with van der Waals surface area (Å²) in [7, 11) is -0.174. The fourth-order valence-corrected chi connectivity index (χ4v) is 3.60. The number of halogens is 1. The molecule has 8 heteroatoms. The van der Waals surface area contributed by atoms with Crippen molar-refractivity contribution in [3.8, 4) is 0 Å². The summed E-state index contributed by atoms with van der Waals surface area (Å²) in [6.07, 6.45) is 5.09. The van der Waals surface area contributed by atoms with Gasteiger partial charge < -0.3 is 4.57 Å². The average Bonchev–Trinajstić information content (AvgIpc) is 3.04. The van der Waals surface area contributed by atoms with E-state index < -0.39 is 10.0 Å². The van der Waals surface area contributed by atoms with Crippen molar-refractivity contribution in [3.63, 3.8) is 0 Å². The first kappa shape index (κ1) is 16.1. The number of aryl methyl sites for hydroxylation is 2. The number of alkyl halides is 1. The molecule has 6 nitrogen and oxygen atoms in total. The van der Waals surface area contributed by atoms with Gasteiger partial charge in [-0.1, -0.05) is 0 Å². The van der Waals surface area contributed by atoms with Gasteiger partial charge in [0.05, 0.1) is 12.1 Å². The van der Waals surface area contributed by atoms with Crippen molar-refractivity contribution in [2.45, 2.75) is 30.8 Å². The van der Waals surface area contributed by atoms with Gasteiger partial charge in [0.15, 0.2) is 0 Å². The van der Waals surface area contributed by atoms with Crippen LogP contribution in [0.3, 0.4) is 0 Å².